The smallest absolute Gasteiger partial charge is 0.121 e. The molecule has 0 aliphatic heterocycles. The molecular formula is C12H20N2O2. The van der Waals surface area contributed by atoms with Crippen LogP contribution in [0.5, 0.6) is 5.75 Å². The van der Waals surface area contributed by atoms with Crippen LogP contribution in [0.4, 0.5) is 11.4 Å². The van der Waals surface area contributed by atoms with E-state index in [0.29, 0.717) is 30.5 Å². The Morgan fingerprint density at radius 3 is 2.50 bits per heavy atom. The standard InChI is InChI=1S/C12H20N2O2/c1-9(2)8-15-5-6-16-10-3-4-11(13)12(14)7-10/h3-4,7,9H,5-6,8,13-14H2,1-2H3. The second-order valence-corrected chi connectivity index (χ2v) is 4.11. The maximum atomic E-state index is 5.65. The summed E-state index contributed by atoms with van der Waals surface area (Å²) in [5.74, 6) is 1.27. The van der Waals surface area contributed by atoms with Gasteiger partial charge in [0.25, 0.3) is 0 Å². The molecule has 4 N–H and O–H groups in total. The van der Waals surface area contributed by atoms with Gasteiger partial charge in [0, 0.05) is 12.7 Å². The van der Waals surface area contributed by atoms with E-state index < -0.39 is 0 Å². The van der Waals surface area contributed by atoms with E-state index in [9.17, 15) is 0 Å². The maximum Gasteiger partial charge on any atom is 0.121 e. The zero-order valence-electron chi connectivity index (χ0n) is 9.90. The highest BCUT2D eigenvalue weighted by atomic mass is 16.5. The first-order chi connectivity index (χ1) is 7.59. The van der Waals surface area contributed by atoms with E-state index in [0.717, 1.165) is 12.4 Å². The zero-order chi connectivity index (χ0) is 12.0. The third kappa shape index (κ3) is 4.40. The summed E-state index contributed by atoms with van der Waals surface area (Å²) in [6.07, 6.45) is 0. The zero-order valence-corrected chi connectivity index (χ0v) is 9.90. The minimum absolute atomic E-state index is 0.524. The summed E-state index contributed by atoms with van der Waals surface area (Å²) in [4.78, 5) is 0. The average Bonchev–Trinajstić information content (AvgIpc) is 2.22. The molecule has 0 saturated heterocycles. The van der Waals surface area contributed by atoms with Crippen LogP contribution in [0.3, 0.4) is 0 Å². The van der Waals surface area contributed by atoms with E-state index in [1.165, 1.54) is 0 Å². The van der Waals surface area contributed by atoms with Gasteiger partial charge in [0.2, 0.25) is 0 Å². The molecule has 0 aliphatic carbocycles. The number of nitrogens with two attached hydrogens (primary N) is 2. The van der Waals surface area contributed by atoms with Crippen molar-refractivity contribution in [3.05, 3.63) is 18.2 Å². The highest BCUT2D eigenvalue weighted by molar-refractivity contribution is 5.65. The Kier molecular flexibility index (Phi) is 4.92. The van der Waals surface area contributed by atoms with E-state index in [2.05, 4.69) is 13.8 Å². The van der Waals surface area contributed by atoms with Gasteiger partial charge in [-0.3, -0.25) is 0 Å². The van der Waals surface area contributed by atoms with Gasteiger partial charge in [0.15, 0.2) is 0 Å². The Morgan fingerprint density at radius 1 is 1.12 bits per heavy atom. The van der Waals surface area contributed by atoms with Crippen LogP contribution in [-0.4, -0.2) is 19.8 Å². The first-order valence-electron chi connectivity index (χ1n) is 5.45. The molecule has 1 aromatic carbocycles. The van der Waals surface area contributed by atoms with Gasteiger partial charge in [-0.1, -0.05) is 13.8 Å². The molecule has 0 saturated carbocycles. The fraction of sp³-hybridized carbons (Fsp3) is 0.500. The molecular weight excluding hydrogens is 204 g/mol. The van der Waals surface area contributed by atoms with Crippen LogP contribution >= 0.6 is 0 Å². The lowest BCUT2D eigenvalue weighted by Gasteiger charge is -2.09. The number of nitrogen functional groups attached to an aromatic ring is 2. The molecule has 0 unspecified atom stereocenters. The molecule has 0 atom stereocenters. The number of benzene rings is 1. The van der Waals surface area contributed by atoms with Crippen LogP contribution in [0.2, 0.25) is 0 Å². The van der Waals surface area contributed by atoms with Crippen molar-refractivity contribution in [1.82, 2.24) is 0 Å². The molecule has 4 nitrogen and oxygen atoms in total. The molecule has 16 heavy (non-hydrogen) atoms. The number of rotatable bonds is 6. The Morgan fingerprint density at radius 2 is 1.88 bits per heavy atom. The third-order valence-corrected chi connectivity index (χ3v) is 2.01. The van der Waals surface area contributed by atoms with Crippen LogP contribution in [0.1, 0.15) is 13.8 Å². The third-order valence-electron chi connectivity index (χ3n) is 2.01. The lowest BCUT2D eigenvalue weighted by atomic mass is 10.2. The number of anilines is 2. The molecule has 0 fully saturated rings. The summed E-state index contributed by atoms with van der Waals surface area (Å²) in [5.41, 5.74) is 12.4. The number of ether oxygens (including phenoxy) is 2. The van der Waals surface area contributed by atoms with Crippen LogP contribution < -0.4 is 16.2 Å². The van der Waals surface area contributed by atoms with Crippen molar-refractivity contribution in [2.75, 3.05) is 31.3 Å². The normalized spacial score (nSPS) is 10.7. The summed E-state index contributed by atoms with van der Waals surface area (Å²) >= 11 is 0. The van der Waals surface area contributed by atoms with E-state index >= 15 is 0 Å². The molecule has 0 bridgehead atoms. The summed E-state index contributed by atoms with van der Waals surface area (Å²) in [6.45, 7) is 6.09. The molecule has 0 heterocycles. The lowest BCUT2D eigenvalue weighted by Crippen LogP contribution is -2.10. The van der Waals surface area contributed by atoms with Gasteiger partial charge in [-0.15, -0.1) is 0 Å². The lowest BCUT2D eigenvalue weighted by molar-refractivity contribution is 0.0819. The SMILES string of the molecule is CC(C)COCCOc1ccc(N)c(N)c1. The molecule has 0 amide bonds. The minimum Gasteiger partial charge on any atom is -0.491 e. The molecule has 0 aromatic heterocycles. The van der Waals surface area contributed by atoms with Crippen molar-refractivity contribution >= 4 is 11.4 Å². The summed E-state index contributed by atoms with van der Waals surface area (Å²) < 4.78 is 10.9. The fourth-order valence-electron chi connectivity index (χ4n) is 1.18. The van der Waals surface area contributed by atoms with Gasteiger partial charge in [0.05, 0.1) is 18.0 Å². The predicted octanol–water partition coefficient (Wildman–Crippen LogP) is 1.90. The second kappa shape index (κ2) is 6.23. The van der Waals surface area contributed by atoms with Crippen molar-refractivity contribution in [3.8, 4) is 5.75 Å². The van der Waals surface area contributed by atoms with Gasteiger partial charge in [0.1, 0.15) is 12.4 Å². The van der Waals surface area contributed by atoms with E-state index in [1.807, 2.05) is 0 Å². The number of hydrogen-bond donors (Lipinski definition) is 2. The quantitative estimate of drug-likeness (QED) is 0.572. The Bertz CT molecular complexity index is 327. The molecule has 90 valence electrons. The predicted molar refractivity (Wildman–Crippen MR) is 66.4 cm³/mol. The highest BCUT2D eigenvalue weighted by Gasteiger charge is 1.98. The largest absolute Gasteiger partial charge is 0.491 e. The Balaban J connectivity index is 2.24. The molecule has 1 rings (SSSR count). The second-order valence-electron chi connectivity index (χ2n) is 4.11. The molecule has 1 aromatic rings. The Hall–Kier alpha value is -1.42. The van der Waals surface area contributed by atoms with Crippen molar-refractivity contribution in [1.29, 1.82) is 0 Å². The monoisotopic (exact) mass is 224 g/mol. The summed E-state index contributed by atoms with van der Waals surface area (Å²) in [7, 11) is 0. The van der Waals surface area contributed by atoms with Gasteiger partial charge >= 0.3 is 0 Å². The molecule has 0 radical (unpaired) electrons. The van der Waals surface area contributed by atoms with Gasteiger partial charge < -0.3 is 20.9 Å². The van der Waals surface area contributed by atoms with Crippen LogP contribution in [-0.2, 0) is 4.74 Å². The Labute approximate surface area is 96.5 Å². The minimum atomic E-state index is 0.524. The van der Waals surface area contributed by atoms with Crippen molar-refractivity contribution in [3.63, 3.8) is 0 Å². The van der Waals surface area contributed by atoms with Gasteiger partial charge in [-0.05, 0) is 18.1 Å². The molecule has 0 spiro atoms. The first-order valence-corrected chi connectivity index (χ1v) is 5.45. The van der Waals surface area contributed by atoms with Crippen LogP contribution in [0, 0.1) is 5.92 Å². The summed E-state index contributed by atoms with van der Waals surface area (Å²) in [5, 5.41) is 0. The van der Waals surface area contributed by atoms with Gasteiger partial charge in [-0.2, -0.15) is 0 Å². The van der Waals surface area contributed by atoms with Crippen LogP contribution in [0.15, 0.2) is 18.2 Å². The van der Waals surface area contributed by atoms with Crippen molar-refractivity contribution in [2.24, 2.45) is 5.92 Å². The van der Waals surface area contributed by atoms with Crippen molar-refractivity contribution < 1.29 is 9.47 Å². The van der Waals surface area contributed by atoms with E-state index in [4.69, 9.17) is 20.9 Å². The van der Waals surface area contributed by atoms with Gasteiger partial charge in [-0.25, -0.2) is 0 Å². The topological polar surface area (TPSA) is 70.5 Å². The van der Waals surface area contributed by atoms with Crippen LogP contribution in [0.25, 0.3) is 0 Å². The molecule has 0 aliphatic rings. The van der Waals surface area contributed by atoms with E-state index in [1.54, 1.807) is 18.2 Å². The first kappa shape index (κ1) is 12.6. The molecule has 4 heteroatoms. The highest BCUT2D eigenvalue weighted by Crippen LogP contribution is 2.21. The van der Waals surface area contributed by atoms with E-state index in [-0.39, 0.29) is 0 Å². The number of hydrogen-bond acceptors (Lipinski definition) is 4. The summed E-state index contributed by atoms with van der Waals surface area (Å²) in [6, 6.07) is 5.26. The fourth-order valence-corrected chi connectivity index (χ4v) is 1.18. The maximum absolute atomic E-state index is 5.65. The van der Waals surface area contributed by atoms with Crippen molar-refractivity contribution in [2.45, 2.75) is 13.8 Å². The average molecular weight is 224 g/mol.